The van der Waals surface area contributed by atoms with Crippen LogP contribution < -0.4 is 5.32 Å². The van der Waals surface area contributed by atoms with E-state index in [9.17, 15) is 4.79 Å². The second kappa shape index (κ2) is 5.55. The van der Waals surface area contributed by atoms with Crippen molar-refractivity contribution < 1.29 is 9.90 Å². The van der Waals surface area contributed by atoms with Gasteiger partial charge in [-0.15, -0.1) is 0 Å². The molecule has 1 aliphatic carbocycles. The van der Waals surface area contributed by atoms with Gasteiger partial charge in [-0.3, -0.25) is 4.79 Å². The van der Waals surface area contributed by atoms with Gasteiger partial charge >= 0.3 is 5.97 Å². The second-order valence-electron chi connectivity index (χ2n) is 5.76. The highest BCUT2D eigenvalue weighted by atomic mass is 16.4. The van der Waals surface area contributed by atoms with Crippen LogP contribution in [0.25, 0.3) is 0 Å². The lowest BCUT2D eigenvalue weighted by molar-refractivity contribution is -0.137. The number of carbonyl (C=O) groups is 1. The molecule has 0 spiro atoms. The minimum absolute atomic E-state index is 0.160. The first-order chi connectivity index (χ1) is 8.98. The van der Waals surface area contributed by atoms with Crippen molar-refractivity contribution in [1.82, 2.24) is 9.97 Å². The highest BCUT2D eigenvalue weighted by Gasteiger charge is 2.23. The summed E-state index contributed by atoms with van der Waals surface area (Å²) in [4.78, 5) is 19.4. The van der Waals surface area contributed by atoms with E-state index in [1.807, 2.05) is 13.8 Å². The molecule has 104 valence electrons. The third-order valence-electron chi connectivity index (χ3n) is 3.55. The van der Waals surface area contributed by atoms with Gasteiger partial charge in [-0.2, -0.15) is 0 Å². The van der Waals surface area contributed by atoms with Gasteiger partial charge in [-0.05, 0) is 46.0 Å². The van der Waals surface area contributed by atoms with Crippen molar-refractivity contribution in [3.8, 4) is 0 Å². The van der Waals surface area contributed by atoms with Crippen molar-refractivity contribution in [3.05, 3.63) is 17.6 Å². The number of nitrogens with one attached hydrogen (secondary N) is 1. The Kier molecular flexibility index (Phi) is 4.02. The van der Waals surface area contributed by atoms with E-state index in [0.717, 1.165) is 24.4 Å². The molecule has 1 aromatic heterocycles. The molecule has 0 fully saturated rings. The number of hydrogen-bond acceptors (Lipinski definition) is 4. The molecule has 0 atom stereocenters. The first-order valence-corrected chi connectivity index (χ1v) is 6.81. The summed E-state index contributed by atoms with van der Waals surface area (Å²) >= 11 is 0. The Morgan fingerprint density at radius 1 is 1.37 bits per heavy atom. The molecule has 1 aliphatic rings. The monoisotopic (exact) mass is 263 g/mol. The zero-order chi connectivity index (χ0) is 13.9. The fraction of sp³-hybridized carbons (Fsp3) is 0.643. The second-order valence-corrected chi connectivity index (χ2v) is 5.76. The number of rotatable bonds is 5. The maximum Gasteiger partial charge on any atom is 0.303 e. The molecule has 0 radical (unpaired) electrons. The van der Waals surface area contributed by atoms with Gasteiger partial charge < -0.3 is 10.4 Å². The van der Waals surface area contributed by atoms with Gasteiger partial charge in [0.05, 0.1) is 0 Å². The summed E-state index contributed by atoms with van der Waals surface area (Å²) in [5.74, 6) is 0.111. The maximum absolute atomic E-state index is 10.7. The molecule has 1 heterocycles. The van der Waals surface area contributed by atoms with Crippen molar-refractivity contribution in [1.29, 1.82) is 0 Å². The zero-order valence-electron chi connectivity index (χ0n) is 11.6. The summed E-state index contributed by atoms with van der Waals surface area (Å²) in [6, 6.07) is 0. The molecule has 0 unspecified atom stereocenters. The van der Waals surface area contributed by atoms with Gasteiger partial charge in [0.15, 0.2) is 0 Å². The summed E-state index contributed by atoms with van der Waals surface area (Å²) in [6.45, 7) is 4.01. The zero-order valence-corrected chi connectivity index (χ0v) is 11.6. The minimum atomic E-state index is -0.764. The molecule has 0 saturated heterocycles. The molecule has 1 aromatic rings. The number of carboxylic acids is 1. The number of aromatic nitrogens is 2. The van der Waals surface area contributed by atoms with Gasteiger partial charge in [0.25, 0.3) is 0 Å². The number of carboxylic acid groups (broad SMARTS) is 1. The summed E-state index contributed by atoms with van der Waals surface area (Å²) < 4.78 is 0. The van der Waals surface area contributed by atoms with Crippen LogP contribution in [0.4, 0.5) is 5.82 Å². The molecule has 0 aromatic carbocycles. The summed E-state index contributed by atoms with van der Waals surface area (Å²) in [7, 11) is 0. The summed E-state index contributed by atoms with van der Waals surface area (Å²) in [5.41, 5.74) is 2.06. The molecule has 2 rings (SSSR count). The van der Waals surface area contributed by atoms with Crippen molar-refractivity contribution in [3.63, 3.8) is 0 Å². The maximum atomic E-state index is 10.7. The van der Waals surface area contributed by atoms with E-state index in [0.29, 0.717) is 6.42 Å². The first-order valence-electron chi connectivity index (χ1n) is 6.81. The van der Waals surface area contributed by atoms with E-state index in [1.165, 1.54) is 18.4 Å². The molecule has 0 bridgehead atoms. The smallest absolute Gasteiger partial charge is 0.303 e. The first kappa shape index (κ1) is 13.8. The Labute approximate surface area is 113 Å². The lowest BCUT2D eigenvalue weighted by Gasteiger charge is -2.28. The third kappa shape index (κ3) is 3.66. The number of anilines is 1. The Morgan fingerprint density at radius 2 is 2.11 bits per heavy atom. The molecule has 2 N–H and O–H groups in total. The van der Waals surface area contributed by atoms with Crippen molar-refractivity contribution >= 4 is 11.8 Å². The van der Waals surface area contributed by atoms with E-state index >= 15 is 0 Å². The van der Waals surface area contributed by atoms with Gasteiger partial charge in [0, 0.05) is 23.2 Å². The van der Waals surface area contributed by atoms with E-state index < -0.39 is 5.97 Å². The Hall–Kier alpha value is -1.65. The molecule has 0 amide bonds. The van der Waals surface area contributed by atoms with Crippen molar-refractivity contribution in [2.75, 3.05) is 5.32 Å². The Morgan fingerprint density at radius 3 is 2.84 bits per heavy atom. The highest BCUT2D eigenvalue weighted by molar-refractivity contribution is 5.67. The van der Waals surface area contributed by atoms with Crippen LogP contribution in [0.5, 0.6) is 0 Å². The number of fused-ring (bicyclic) bond motifs is 1. The quantitative estimate of drug-likeness (QED) is 0.853. The summed E-state index contributed by atoms with van der Waals surface area (Å²) in [6.07, 6.45) is 6.71. The van der Waals surface area contributed by atoms with E-state index in [4.69, 9.17) is 5.11 Å². The van der Waals surface area contributed by atoms with Crippen LogP contribution in [-0.2, 0) is 17.6 Å². The van der Waals surface area contributed by atoms with E-state index in [2.05, 4.69) is 15.3 Å². The number of aliphatic carboxylic acids is 1. The van der Waals surface area contributed by atoms with Crippen LogP contribution in [-0.4, -0.2) is 26.6 Å². The predicted octanol–water partition coefficient (Wildman–Crippen LogP) is 2.41. The van der Waals surface area contributed by atoms with Gasteiger partial charge in [0.1, 0.15) is 12.1 Å². The lowest BCUT2D eigenvalue weighted by atomic mass is 9.94. The largest absolute Gasteiger partial charge is 0.481 e. The van der Waals surface area contributed by atoms with Crippen LogP contribution >= 0.6 is 0 Å². The van der Waals surface area contributed by atoms with Gasteiger partial charge in [-0.25, -0.2) is 9.97 Å². The molecule has 5 heteroatoms. The number of hydrogen-bond donors (Lipinski definition) is 2. The Bertz CT molecular complexity index is 472. The predicted molar refractivity (Wildman–Crippen MR) is 73.2 cm³/mol. The van der Waals surface area contributed by atoms with Crippen LogP contribution in [0, 0.1) is 0 Å². The van der Waals surface area contributed by atoms with E-state index in [1.54, 1.807) is 6.33 Å². The van der Waals surface area contributed by atoms with Crippen LogP contribution in [0.1, 0.15) is 50.8 Å². The van der Waals surface area contributed by atoms with Crippen LogP contribution in [0.15, 0.2) is 6.33 Å². The van der Waals surface area contributed by atoms with Gasteiger partial charge in [-0.1, -0.05) is 0 Å². The fourth-order valence-corrected chi connectivity index (χ4v) is 2.43. The Balaban J connectivity index is 2.12. The standard InChI is InChI=1S/C14H21N3O2/c1-14(2,8-7-12(18)19)17-13-10-5-3-4-6-11(10)15-9-16-13/h9H,3-8H2,1-2H3,(H,18,19)(H,15,16,17). The molecular formula is C14H21N3O2. The average Bonchev–Trinajstić information content (AvgIpc) is 2.37. The fourth-order valence-electron chi connectivity index (χ4n) is 2.43. The summed E-state index contributed by atoms with van der Waals surface area (Å²) in [5, 5.41) is 12.2. The van der Waals surface area contributed by atoms with Crippen LogP contribution in [0.3, 0.4) is 0 Å². The number of nitrogens with zero attached hydrogens (tertiary/aromatic N) is 2. The average molecular weight is 263 g/mol. The SMILES string of the molecule is CC(C)(CCC(=O)O)Nc1ncnc2c1CCCC2. The van der Waals surface area contributed by atoms with Crippen LogP contribution in [0.2, 0.25) is 0 Å². The normalized spacial score (nSPS) is 14.8. The molecule has 0 saturated carbocycles. The van der Waals surface area contributed by atoms with Gasteiger partial charge in [0.2, 0.25) is 0 Å². The number of aryl methyl sites for hydroxylation is 1. The van der Waals surface area contributed by atoms with E-state index in [-0.39, 0.29) is 12.0 Å². The topological polar surface area (TPSA) is 75.1 Å². The van der Waals surface area contributed by atoms with Crippen molar-refractivity contribution in [2.45, 2.75) is 57.9 Å². The third-order valence-corrected chi connectivity index (χ3v) is 3.55. The van der Waals surface area contributed by atoms with Crippen molar-refractivity contribution in [2.24, 2.45) is 0 Å². The molecule has 19 heavy (non-hydrogen) atoms. The molecule has 0 aliphatic heterocycles. The lowest BCUT2D eigenvalue weighted by Crippen LogP contribution is -2.33. The highest BCUT2D eigenvalue weighted by Crippen LogP contribution is 2.27. The molecule has 5 nitrogen and oxygen atoms in total. The molecular weight excluding hydrogens is 242 g/mol. The minimum Gasteiger partial charge on any atom is -0.481 e.